The molecule has 1 unspecified atom stereocenters. The molecule has 0 aromatic carbocycles. The Morgan fingerprint density at radius 1 is 1.44 bits per heavy atom. The number of rotatable bonds is 3. The number of carbonyl (C=O) groups excluding carboxylic acids is 2. The first-order valence-electron chi connectivity index (χ1n) is 5.16. The van der Waals surface area contributed by atoms with Gasteiger partial charge in [0, 0.05) is 0 Å². The van der Waals surface area contributed by atoms with Crippen LogP contribution >= 0.6 is 0 Å². The molecule has 0 bridgehead atoms. The van der Waals surface area contributed by atoms with E-state index in [-0.39, 0.29) is 5.41 Å². The number of imide groups is 1. The van der Waals surface area contributed by atoms with Crippen LogP contribution in [0.4, 0.5) is 4.79 Å². The number of nitrogens with zero attached hydrogens (tertiary/aromatic N) is 1. The second kappa shape index (κ2) is 2.96. The molecule has 16 heavy (non-hydrogen) atoms. The van der Waals surface area contributed by atoms with Gasteiger partial charge in [0.2, 0.25) is 0 Å². The fourth-order valence-electron chi connectivity index (χ4n) is 2.07. The summed E-state index contributed by atoms with van der Waals surface area (Å²) in [7, 11) is 0. The number of nitrogens with one attached hydrogen (secondary N) is 1. The van der Waals surface area contributed by atoms with Crippen molar-refractivity contribution < 1.29 is 19.5 Å². The van der Waals surface area contributed by atoms with Crippen molar-refractivity contribution in [2.45, 2.75) is 32.2 Å². The first kappa shape index (κ1) is 10.9. The van der Waals surface area contributed by atoms with Gasteiger partial charge in [0.25, 0.3) is 5.91 Å². The molecule has 6 heteroatoms. The smallest absolute Gasteiger partial charge is 0.325 e. The Labute approximate surface area is 92.6 Å². The number of hydrogen-bond acceptors (Lipinski definition) is 3. The van der Waals surface area contributed by atoms with Crippen LogP contribution in [-0.4, -0.2) is 40.0 Å². The minimum absolute atomic E-state index is 0.229. The third-order valence-electron chi connectivity index (χ3n) is 3.78. The third-order valence-corrected chi connectivity index (χ3v) is 3.78. The lowest BCUT2D eigenvalue weighted by Crippen LogP contribution is -2.51. The van der Waals surface area contributed by atoms with E-state index in [0.29, 0.717) is 0 Å². The monoisotopic (exact) mass is 226 g/mol. The highest BCUT2D eigenvalue weighted by molar-refractivity contribution is 6.09. The summed E-state index contributed by atoms with van der Waals surface area (Å²) in [5, 5.41) is 11.2. The molecule has 3 amide bonds. The van der Waals surface area contributed by atoms with Crippen LogP contribution in [-0.2, 0) is 9.59 Å². The fourth-order valence-corrected chi connectivity index (χ4v) is 2.07. The van der Waals surface area contributed by atoms with Crippen molar-refractivity contribution in [3.63, 3.8) is 0 Å². The van der Waals surface area contributed by atoms with E-state index in [9.17, 15) is 14.4 Å². The first-order chi connectivity index (χ1) is 7.30. The predicted molar refractivity (Wildman–Crippen MR) is 53.6 cm³/mol. The summed E-state index contributed by atoms with van der Waals surface area (Å²) >= 11 is 0. The van der Waals surface area contributed by atoms with Crippen LogP contribution in [0.3, 0.4) is 0 Å². The van der Waals surface area contributed by atoms with Crippen LogP contribution in [0.25, 0.3) is 0 Å². The number of amides is 3. The Morgan fingerprint density at radius 2 is 2.00 bits per heavy atom. The summed E-state index contributed by atoms with van der Waals surface area (Å²) in [6.07, 6.45) is 1.74. The molecule has 2 N–H and O–H groups in total. The number of aliphatic carboxylic acids is 1. The quantitative estimate of drug-likeness (QED) is 0.672. The number of carbonyl (C=O) groups is 3. The highest BCUT2D eigenvalue weighted by Gasteiger charge is 2.63. The van der Waals surface area contributed by atoms with E-state index in [0.717, 1.165) is 17.7 Å². The number of carboxylic acids is 1. The Bertz CT molecular complexity index is 388. The van der Waals surface area contributed by atoms with Crippen molar-refractivity contribution in [2.24, 2.45) is 5.41 Å². The molecule has 2 aliphatic rings. The summed E-state index contributed by atoms with van der Waals surface area (Å²) in [6.45, 7) is 3.02. The van der Waals surface area contributed by atoms with Crippen LogP contribution < -0.4 is 5.32 Å². The molecule has 1 aliphatic carbocycles. The van der Waals surface area contributed by atoms with Crippen LogP contribution in [0.5, 0.6) is 0 Å². The largest absolute Gasteiger partial charge is 0.480 e. The van der Waals surface area contributed by atoms with Gasteiger partial charge in [0.15, 0.2) is 0 Å². The molecule has 2 rings (SSSR count). The third kappa shape index (κ3) is 1.29. The Hall–Kier alpha value is -1.59. The van der Waals surface area contributed by atoms with Crippen molar-refractivity contribution in [3.05, 3.63) is 0 Å². The normalized spacial score (nSPS) is 31.5. The first-order valence-corrected chi connectivity index (χ1v) is 5.16. The van der Waals surface area contributed by atoms with Crippen molar-refractivity contribution in [1.82, 2.24) is 10.2 Å². The van der Waals surface area contributed by atoms with Crippen LogP contribution in [0.2, 0.25) is 0 Å². The summed E-state index contributed by atoms with van der Waals surface area (Å²) in [6, 6.07) is -0.608. The van der Waals surface area contributed by atoms with Gasteiger partial charge in [-0.15, -0.1) is 0 Å². The summed E-state index contributed by atoms with van der Waals surface area (Å²) in [4.78, 5) is 34.9. The highest BCUT2D eigenvalue weighted by Crippen LogP contribution is 2.55. The molecule has 88 valence electrons. The zero-order valence-electron chi connectivity index (χ0n) is 9.24. The zero-order valence-corrected chi connectivity index (χ0v) is 9.24. The Balaban J connectivity index is 2.25. The maximum absolute atomic E-state index is 12.0. The van der Waals surface area contributed by atoms with Gasteiger partial charge >= 0.3 is 12.0 Å². The van der Waals surface area contributed by atoms with Gasteiger partial charge in [0.05, 0.1) is 0 Å². The molecular weight excluding hydrogens is 212 g/mol. The van der Waals surface area contributed by atoms with Gasteiger partial charge in [-0.3, -0.25) is 14.5 Å². The van der Waals surface area contributed by atoms with Gasteiger partial charge in [-0.1, -0.05) is 6.92 Å². The van der Waals surface area contributed by atoms with Crippen molar-refractivity contribution in [3.8, 4) is 0 Å². The maximum Gasteiger partial charge on any atom is 0.325 e. The van der Waals surface area contributed by atoms with Gasteiger partial charge < -0.3 is 10.4 Å². The lowest BCUT2D eigenvalue weighted by Gasteiger charge is -2.28. The molecule has 6 nitrogen and oxygen atoms in total. The molecule has 1 heterocycles. The SMILES string of the molecule is CC1(C2(C)NC(=O)N(CC(=O)O)C2=O)CC1. The van der Waals surface area contributed by atoms with Crippen LogP contribution in [0.1, 0.15) is 26.7 Å². The minimum Gasteiger partial charge on any atom is -0.480 e. The van der Waals surface area contributed by atoms with Crippen molar-refractivity contribution in [1.29, 1.82) is 0 Å². The molecule has 1 saturated heterocycles. The topological polar surface area (TPSA) is 86.7 Å². The van der Waals surface area contributed by atoms with Crippen LogP contribution in [0.15, 0.2) is 0 Å². The molecule has 1 atom stereocenters. The molecule has 0 radical (unpaired) electrons. The van der Waals surface area contributed by atoms with E-state index in [4.69, 9.17) is 5.11 Å². The van der Waals surface area contributed by atoms with Crippen molar-refractivity contribution in [2.75, 3.05) is 6.54 Å². The molecule has 0 spiro atoms. The molecule has 0 aromatic rings. The van der Waals surface area contributed by atoms with E-state index in [1.165, 1.54) is 0 Å². The fraction of sp³-hybridized carbons (Fsp3) is 0.700. The molecular formula is C10H14N2O4. The highest BCUT2D eigenvalue weighted by atomic mass is 16.4. The molecule has 0 aromatic heterocycles. The standard InChI is InChI=1S/C10H14N2O4/c1-9(3-4-9)10(2)7(15)12(5-6(13)14)8(16)11-10/h3-5H2,1-2H3,(H,11,16)(H,13,14). The minimum atomic E-state index is -1.19. The summed E-state index contributed by atoms with van der Waals surface area (Å²) < 4.78 is 0. The Morgan fingerprint density at radius 3 is 2.44 bits per heavy atom. The van der Waals surface area contributed by atoms with E-state index >= 15 is 0 Å². The average molecular weight is 226 g/mol. The lowest BCUT2D eigenvalue weighted by molar-refractivity contribution is -0.143. The van der Waals surface area contributed by atoms with E-state index in [2.05, 4.69) is 5.32 Å². The summed E-state index contributed by atoms with van der Waals surface area (Å²) in [5.74, 6) is -1.62. The number of urea groups is 1. The maximum atomic E-state index is 12.0. The van der Waals surface area contributed by atoms with Gasteiger partial charge in [-0.05, 0) is 25.2 Å². The number of hydrogen-bond donors (Lipinski definition) is 2. The lowest BCUT2D eigenvalue weighted by atomic mass is 9.84. The second-order valence-corrected chi connectivity index (χ2v) is 4.90. The zero-order chi connectivity index (χ0) is 12.1. The van der Waals surface area contributed by atoms with Crippen molar-refractivity contribution >= 4 is 17.9 Å². The van der Waals surface area contributed by atoms with Gasteiger partial charge in [0.1, 0.15) is 12.1 Å². The molecule has 1 aliphatic heterocycles. The molecule has 2 fully saturated rings. The van der Waals surface area contributed by atoms with E-state index < -0.39 is 30.0 Å². The predicted octanol–water partition coefficient (Wildman–Crippen LogP) is 0.182. The van der Waals surface area contributed by atoms with Crippen LogP contribution in [0, 0.1) is 5.41 Å². The average Bonchev–Trinajstić information content (AvgIpc) is 2.88. The van der Waals surface area contributed by atoms with E-state index in [1.54, 1.807) is 6.92 Å². The molecule has 1 saturated carbocycles. The van der Waals surface area contributed by atoms with E-state index in [1.807, 2.05) is 6.92 Å². The van der Waals surface area contributed by atoms with Gasteiger partial charge in [-0.2, -0.15) is 0 Å². The summed E-state index contributed by atoms with van der Waals surface area (Å²) in [5.41, 5.74) is -1.17. The second-order valence-electron chi connectivity index (χ2n) is 4.90. The van der Waals surface area contributed by atoms with Gasteiger partial charge in [-0.25, -0.2) is 4.79 Å². The Kier molecular flexibility index (Phi) is 2.02. The number of carboxylic acid groups (broad SMARTS) is 1.